The Bertz CT molecular complexity index is 364. The number of sulfonamides is 1. The van der Waals surface area contributed by atoms with E-state index in [0.717, 1.165) is 51.7 Å². The quantitative estimate of drug-likeness (QED) is 0.860. The van der Waals surface area contributed by atoms with Gasteiger partial charge in [0.15, 0.2) is 0 Å². The highest BCUT2D eigenvalue weighted by Gasteiger charge is 2.25. The molecule has 2 aliphatic heterocycles. The molecule has 112 valence electrons. The van der Waals surface area contributed by atoms with Gasteiger partial charge in [0.1, 0.15) is 0 Å². The molecule has 0 bridgehead atoms. The normalized spacial score (nSPS) is 31.0. The van der Waals surface area contributed by atoms with Gasteiger partial charge in [0.2, 0.25) is 10.0 Å². The van der Waals surface area contributed by atoms with E-state index in [1.807, 2.05) is 0 Å². The second-order valence-electron chi connectivity index (χ2n) is 6.19. The van der Waals surface area contributed by atoms with E-state index in [-0.39, 0.29) is 0 Å². The molecule has 0 aromatic rings. The highest BCUT2D eigenvalue weighted by atomic mass is 32.2. The summed E-state index contributed by atoms with van der Waals surface area (Å²) in [4.78, 5) is 0. The number of hydrogen-bond acceptors (Lipinski definition) is 3. The van der Waals surface area contributed by atoms with Crippen molar-refractivity contribution < 1.29 is 8.42 Å². The molecule has 2 fully saturated rings. The fourth-order valence-electron chi connectivity index (χ4n) is 3.11. The minimum atomic E-state index is -3.04. The molecule has 0 spiro atoms. The van der Waals surface area contributed by atoms with Gasteiger partial charge in [0, 0.05) is 19.1 Å². The first kappa shape index (κ1) is 15.3. The minimum Gasteiger partial charge on any atom is -0.314 e. The predicted octanol–water partition coefficient (Wildman–Crippen LogP) is 1.97. The summed E-state index contributed by atoms with van der Waals surface area (Å²) in [7, 11) is -3.04. The van der Waals surface area contributed by atoms with E-state index in [4.69, 9.17) is 0 Å². The van der Waals surface area contributed by atoms with E-state index in [1.165, 1.54) is 12.8 Å². The van der Waals surface area contributed by atoms with Gasteiger partial charge in [0.05, 0.1) is 5.75 Å². The monoisotopic (exact) mass is 288 g/mol. The lowest BCUT2D eigenvalue weighted by Crippen LogP contribution is -2.39. The molecule has 0 amide bonds. The Morgan fingerprint density at radius 3 is 2.68 bits per heavy atom. The number of hydrogen-bond donors (Lipinski definition) is 1. The van der Waals surface area contributed by atoms with Gasteiger partial charge in [-0.15, -0.1) is 0 Å². The van der Waals surface area contributed by atoms with E-state index in [0.29, 0.717) is 17.7 Å². The molecular formula is C14H28N2O2S. The smallest absolute Gasteiger partial charge is 0.214 e. The van der Waals surface area contributed by atoms with Crippen molar-refractivity contribution >= 4 is 10.0 Å². The SMILES string of the molecule is CC1CCCN(S(=O)(=O)CCC2CCCCN2)CC1. The average molecular weight is 288 g/mol. The van der Waals surface area contributed by atoms with Crippen LogP contribution in [0.15, 0.2) is 0 Å². The molecule has 2 unspecified atom stereocenters. The standard InChI is InChI=1S/C14H28N2O2S/c1-13-5-4-10-16(11-7-13)19(17,18)12-8-14-6-2-3-9-15-14/h13-15H,2-12H2,1H3. The van der Waals surface area contributed by atoms with E-state index in [1.54, 1.807) is 4.31 Å². The zero-order valence-electron chi connectivity index (χ0n) is 12.1. The molecule has 0 aromatic carbocycles. The lowest BCUT2D eigenvalue weighted by atomic mass is 10.0. The molecule has 1 N–H and O–H groups in total. The van der Waals surface area contributed by atoms with Crippen molar-refractivity contribution in [1.82, 2.24) is 9.62 Å². The molecular weight excluding hydrogens is 260 g/mol. The molecule has 2 rings (SSSR count). The maximum atomic E-state index is 12.4. The second kappa shape index (κ2) is 7.04. The van der Waals surface area contributed by atoms with Gasteiger partial charge in [0.25, 0.3) is 0 Å². The maximum Gasteiger partial charge on any atom is 0.214 e. The average Bonchev–Trinajstić information content (AvgIpc) is 2.63. The van der Waals surface area contributed by atoms with Crippen LogP contribution in [0.1, 0.15) is 51.9 Å². The maximum absolute atomic E-state index is 12.4. The van der Waals surface area contributed by atoms with Crippen molar-refractivity contribution in [3.63, 3.8) is 0 Å². The molecule has 4 nitrogen and oxygen atoms in total. The van der Waals surface area contributed by atoms with E-state index in [9.17, 15) is 8.42 Å². The molecule has 2 saturated heterocycles. The van der Waals surface area contributed by atoms with Gasteiger partial charge in [-0.25, -0.2) is 12.7 Å². The summed E-state index contributed by atoms with van der Waals surface area (Å²) in [6.07, 6.45) is 7.56. The number of piperidine rings is 1. The third kappa shape index (κ3) is 4.72. The van der Waals surface area contributed by atoms with Crippen LogP contribution in [0.4, 0.5) is 0 Å². The van der Waals surface area contributed by atoms with Crippen LogP contribution in [-0.4, -0.2) is 44.2 Å². The van der Waals surface area contributed by atoms with Crippen molar-refractivity contribution in [2.45, 2.75) is 57.9 Å². The van der Waals surface area contributed by atoms with Crippen LogP contribution in [0.25, 0.3) is 0 Å². The highest BCUT2D eigenvalue weighted by molar-refractivity contribution is 7.89. The molecule has 0 aromatic heterocycles. The Kier molecular flexibility index (Phi) is 5.66. The molecule has 5 heteroatoms. The van der Waals surface area contributed by atoms with Crippen LogP contribution in [0.3, 0.4) is 0 Å². The Morgan fingerprint density at radius 2 is 1.95 bits per heavy atom. The third-order valence-corrected chi connectivity index (χ3v) is 6.41. The molecule has 19 heavy (non-hydrogen) atoms. The number of nitrogens with one attached hydrogen (secondary N) is 1. The molecule has 2 aliphatic rings. The minimum absolute atomic E-state index is 0.318. The molecule has 0 aliphatic carbocycles. The summed E-state index contributed by atoms with van der Waals surface area (Å²) in [6, 6.07) is 0.412. The lowest BCUT2D eigenvalue weighted by Gasteiger charge is -2.25. The van der Waals surface area contributed by atoms with Crippen LogP contribution in [0, 0.1) is 5.92 Å². The summed E-state index contributed by atoms with van der Waals surface area (Å²) < 4.78 is 26.5. The Balaban J connectivity index is 1.83. The third-order valence-electron chi connectivity index (χ3n) is 4.51. The van der Waals surface area contributed by atoms with Crippen LogP contribution in [0.5, 0.6) is 0 Å². The molecule has 0 radical (unpaired) electrons. The van der Waals surface area contributed by atoms with Gasteiger partial charge >= 0.3 is 0 Å². The van der Waals surface area contributed by atoms with Crippen molar-refractivity contribution in [2.75, 3.05) is 25.4 Å². The van der Waals surface area contributed by atoms with Crippen molar-refractivity contribution in [2.24, 2.45) is 5.92 Å². The van der Waals surface area contributed by atoms with Crippen LogP contribution in [-0.2, 0) is 10.0 Å². The topological polar surface area (TPSA) is 49.4 Å². The fourth-order valence-corrected chi connectivity index (χ4v) is 4.74. The first-order valence-electron chi connectivity index (χ1n) is 7.79. The van der Waals surface area contributed by atoms with Gasteiger partial charge in [-0.3, -0.25) is 0 Å². The summed E-state index contributed by atoms with van der Waals surface area (Å²) >= 11 is 0. The number of nitrogens with zero attached hydrogens (tertiary/aromatic N) is 1. The summed E-state index contributed by atoms with van der Waals surface area (Å²) in [5.41, 5.74) is 0. The summed E-state index contributed by atoms with van der Waals surface area (Å²) in [5.74, 6) is 0.985. The van der Waals surface area contributed by atoms with Crippen molar-refractivity contribution in [3.05, 3.63) is 0 Å². The molecule has 2 heterocycles. The summed E-state index contributed by atoms with van der Waals surface area (Å²) in [5, 5.41) is 3.43. The summed E-state index contributed by atoms with van der Waals surface area (Å²) in [6.45, 7) is 4.72. The van der Waals surface area contributed by atoms with Gasteiger partial charge in [-0.2, -0.15) is 0 Å². The predicted molar refractivity (Wildman–Crippen MR) is 78.6 cm³/mol. The van der Waals surface area contributed by atoms with Crippen molar-refractivity contribution in [3.8, 4) is 0 Å². The van der Waals surface area contributed by atoms with Gasteiger partial charge in [-0.05, 0) is 51.0 Å². The van der Waals surface area contributed by atoms with E-state index < -0.39 is 10.0 Å². The first-order valence-corrected chi connectivity index (χ1v) is 9.40. The second-order valence-corrected chi connectivity index (χ2v) is 8.28. The van der Waals surface area contributed by atoms with E-state index in [2.05, 4.69) is 12.2 Å². The number of rotatable bonds is 4. The van der Waals surface area contributed by atoms with Crippen molar-refractivity contribution in [1.29, 1.82) is 0 Å². The fraction of sp³-hybridized carbons (Fsp3) is 1.00. The largest absolute Gasteiger partial charge is 0.314 e. The molecule has 0 saturated carbocycles. The Labute approximate surface area is 118 Å². The molecule has 2 atom stereocenters. The van der Waals surface area contributed by atoms with E-state index >= 15 is 0 Å². The highest BCUT2D eigenvalue weighted by Crippen LogP contribution is 2.20. The van der Waals surface area contributed by atoms with Gasteiger partial charge < -0.3 is 5.32 Å². The van der Waals surface area contributed by atoms with Gasteiger partial charge in [-0.1, -0.05) is 13.3 Å². The van der Waals surface area contributed by atoms with Crippen LogP contribution in [0.2, 0.25) is 0 Å². The zero-order chi connectivity index (χ0) is 13.7. The van der Waals surface area contributed by atoms with Crippen LogP contribution < -0.4 is 5.32 Å². The lowest BCUT2D eigenvalue weighted by molar-refractivity contribution is 0.382. The Morgan fingerprint density at radius 1 is 1.11 bits per heavy atom. The first-order chi connectivity index (χ1) is 9.08. The van der Waals surface area contributed by atoms with Crippen LogP contribution >= 0.6 is 0 Å². The Hall–Kier alpha value is -0.130. The zero-order valence-corrected chi connectivity index (χ0v) is 12.9.